The molecule has 1 fully saturated rings. The Kier molecular flexibility index (Phi) is 4.91. The minimum atomic E-state index is 0.579. The Labute approximate surface area is 155 Å². The molecule has 2 N–H and O–H groups in total. The second kappa shape index (κ2) is 7.48. The zero-order valence-electron chi connectivity index (χ0n) is 14.8. The fourth-order valence-electron chi connectivity index (χ4n) is 2.94. The molecule has 0 aromatic carbocycles. The minimum absolute atomic E-state index is 0.579. The monoisotopic (exact) mass is 371 g/mol. The number of aromatic nitrogens is 4. The van der Waals surface area contributed by atoms with Crippen LogP contribution in [0.5, 0.6) is 0 Å². The van der Waals surface area contributed by atoms with Crippen molar-refractivity contribution in [2.24, 2.45) is 0 Å². The van der Waals surface area contributed by atoms with Crippen molar-refractivity contribution in [3.05, 3.63) is 23.3 Å². The Morgan fingerprint density at radius 3 is 2.62 bits per heavy atom. The summed E-state index contributed by atoms with van der Waals surface area (Å²) in [6.07, 6.45) is 3.51. The van der Waals surface area contributed by atoms with Crippen LogP contribution < -0.4 is 15.5 Å². The first-order chi connectivity index (χ1) is 12.8. The standard InChI is InChI=1S/C17H21N7OS/c1-18-10-12-7-13-15(24-3-5-25-6-4-24)22-14(23-16(13)26-12)11-8-20-17(19-2)21-9-11/h7-9,18H,3-6,10H2,1-2H3,(H,19,20,21). The summed E-state index contributed by atoms with van der Waals surface area (Å²) in [7, 11) is 3.74. The summed E-state index contributed by atoms with van der Waals surface area (Å²) in [5, 5.41) is 7.23. The van der Waals surface area contributed by atoms with E-state index >= 15 is 0 Å². The van der Waals surface area contributed by atoms with Crippen molar-refractivity contribution in [1.82, 2.24) is 25.3 Å². The van der Waals surface area contributed by atoms with E-state index in [0.717, 1.165) is 41.2 Å². The molecule has 0 spiro atoms. The predicted molar refractivity (Wildman–Crippen MR) is 104 cm³/mol. The van der Waals surface area contributed by atoms with E-state index in [0.29, 0.717) is 25.0 Å². The first-order valence-electron chi connectivity index (χ1n) is 8.56. The third-order valence-electron chi connectivity index (χ3n) is 4.22. The molecule has 4 heterocycles. The first kappa shape index (κ1) is 17.1. The van der Waals surface area contributed by atoms with E-state index in [1.165, 1.54) is 4.88 Å². The second-order valence-electron chi connectivity index (χ2n) is 5.98. The highest BCUT2D eigenvalue weighted by Gasteiger charge is 2.20. The fraction of sp³-hybridized carbons (Fsp3) is 0.412. The highest BCUT2D eigenvalue weighted by atomic mass is 32.1. The molecule has 1 aliphatic heterocycles. The Hall–Kier alpha value is -2.36. The van der Waals surface area contributed by atoms with Gasteiger partial charge in [-0.2, -0.15) is 0 Å². The average molecular weight is 371 g/mol. The van der Waals surface area contributed by atoms with E-state index in [1.54, 1.807) is 30.8 Å². The van der Waals surface area contributed by atoms with Crippen LogP contribution in [0.3, 0.4) is 0 Å². The molecule has 0 amide bonds. The molecule has 0 atom stereocenters. The molecule has 0 aliphatic carbocycles. The summed E-state index contributed by atoms with van der Waals surface area (Å²) in [5.41, 5.74) is 0.809. The lowest BCUT2D eigenvalue weighted by atomic mass is 10.2. The number of anilines is 2. The minimum Gasteiger partial charge on any atom is -0.378 e. The van der Waals surface area contributed by atoms with Crippen LogP contribution in [-0.2, 0) is 11.3 Å². The first-order valence-corrected chi connectivity index (χ1v) is 9.38. The largest absolute Gasteiger partial charge is 0.378 e. The Balaban J connectivity index is 1.82. The smallest absolute Gasteiger partial charge is 0.222 e. The summed E-state index contributed by atoms with van der Waals surface area (Å²) < 4.78 is 5.50. The quantitative estimate of drug-likeness (QED) is 0.701. The van der Waals surface area contributed by atoms with Crippen LogP contribution in [0.4, 0.5) is 11.8 Å². The van der Waals surface area contributed by atoms with Crippen molar-refractivity contribution >= 4 is 33.3 Å². The highest BCUT2D eigenvalue weighted by Crippen LogP contribution is 2.33. The summed E-state index contributed by atoms with van der Waals surface area (Å²) in [6.45, 7) is 3.91. The number of hydrogen-bond acceptors (Lipinski definition) is 9. The highest BCUT2D eigenvalue weighted by molar-refractivity contribution is 7.18. The maximum Gasteiger partial charge on any atom is 0.222 e. The predicted octanol–water partition coefficient (Wildman–Crippen LogP) is 1.75. The van der Waals surface area contributed by atoms with E-state index in [4.69, 9.17) is 14.7 Å². The maximum atomic E-state index is 5.50. The van der Waals surface area contributed by atoms with Crippen molar-refractivity contribution in [1.29, 1.82) is 0 Å². The molecule has 0 saturated carbocycles. The number of ether oxygens (including phenoxy) is 1. The molecule has 26 heavy (non-hydrogen) atoms. The number of thiophene rings is 1. The molecule has 8 nitrogen and oxygen atoms in total. The summed E-state index contributed by atoms with van der Waals surface area (Å²) >= 11 is 1.69. The molecule has 0 bridgehead atoms. The van der Waals surface area contributed by atoms with Gasteiger partial charge >= 0.3 is 0 Å². The number of nitrogens with zero attached hydrogens (tertiary/aromatic N) is 5. The molecular weight excluding hydrogens is 350 g/mol. The van der Waals surface area contributed by atoms with Crippen LogP contribution in [0.25, 0.3) is 21.6 Å². The normalized spacial score (nSPS) is 14.8. The number of rotatable bonds is 5. The van der Waals surface area contributed by atoms with E-state index < -0.39 is 0 Å². The van der Waals surface area contributed by atoms with Gasteiger partial charge in [0.25, 0.3) is 0 Å². The number of hydrogen-bond donors (Lipinski definition) is 2. The Morgan fingerprint density at radius 2 is 1.92 bits per heavy atom. The number of fused-ring (bicyclic) bond motifs is 1. The third-order valence-corrected chi connectivity index (χ3v) is 5.25. The van der Waals surface area contributed by atoms with Gasteiger partial charge in [-0.25, -0.2) is 19.9 Å². The Morgan fingerprint density at radius 1 is 1.15 bits per heavy atom. The number of nitrogens with one attached hydrogen (secondary N) is 2. The van der Waals surface area contributed by atoms with Gasteiger partial charge in [0.2, 0.25) is 5.95 Å². The van der Waals surface area contributed by atoms with Crippen LogP contribution in [0.1, 0.15) is 4.88 Å². The van der Waals surface area contributed by atoms with Crippen molar-refractivity contribution in [2.45, 2.75) is 6.54 Å². The van der Waals surface area contributed by atoms with Crippen LogP contribution in [0, 0.1) is 0 Å². The molecule has 0 radical (unpaired) electrons. The summed E-state index contributed by atoms with van der Waals surface area (Å²) in [6, 6.07) is 2.19. The molecular formula is C17H21N7OS. The van der Waals surface area contributed by atoms with Gasteiger partial charge in [-0.3, -0.25) is 0 Å². The van der Waals surface area contributed by atoms with Crippen LogP contribution in [0.15, 0.2) is 18.5 Å². The second-order valence-corrected chi connectivity index (χ2v) is 7.09. The summed E-state index contributed by atoms with van der Waals surface area (Å²) in [5.74, 6) is 2.19. The fourth-order valence-corrected chi connectivity index (χ4v) is 3.97. The van der Waals surface area contributed by atoms with Gasteiger partial charge in [-0.1, -0.05) is 0 Å². The SMILES string of the molecule is CNCc1cc2c(N3CCOCC3)nc(-c3cnc(NC)nc3)nc2s1. The lowest BCUT2D eigenvalue weighted by Crippen LogP contribution is -2.37. The zero-order chi connectivity index (χ0) is 17.9. The van der Waals surface area contributed by atoms with Crippen molar-refractivity contribution in [3.63, 3.8) is 0 Å². The third kappa shape index (κ3) is 3.33. The van der Waals surface area contributed by atoms with Crippen molar-refractivity contribution in [2.75, 3.05) is 50.6 Å². The maximum absolute atomic E-state index is 5.50. The lowest BCUT2D eigenvalue weighted by Gasteiger charge is -2.28. The molecule has 136 valence electrons. The van der Waals surface area contributed by atoms with Crippen molar-refractivity contribution < 1.29 is 4.74 Å². The Bertz CT molecular complexity index is 890. The van der Waals surface area contributed by atoms with Crippen molar-refractivity contribution in [3.8, 4) is 11.4 Å². The van der Waals surface area contributed by atoms with Gasteiger partial charge in [-0.05, 0) is 13.1 Å². The van der Waals surface area contributed by atoms with Crippen LogP contribution in [-0.4, -0.2) is 60.3 Å². The van der Waals surface area contributed by atoms with E-state index in [1.807, 2.05) is 7.05 Å². The zero-order valence-corrected chi connectivity index (χ0v) is 15.6. The molecule has 1 saturated heterocycles. The van der Waals surface area contributed by atoms with Gasteiger partial charge in [0, 0.05) is 44.0 Å². The van der Waals surface area contributed by atoms with Gasteiger partial charge < -0.3 is 20.3 Å². The van der Waals surface area contributed by atoms with Gasteiger partial charge in [-0.15, -0.1) is 11.3 Å². The van der Waals surface area contributed by atoms with Gasteiger partial charge in [0.05, 0.1) is 24.2 Å². The molecule has 3 aromatic heterocycles. The van der Waals surface area contributed by atoms with Crippen LogP contribution in [0.2, 0.25) is 0 Å². The topological polar surface area (TPSA) is 88.1 Å². The van der Waals surface area contributed by atoms with E-state index in [2.05, 4.69) is 31.6 Å². The van der Waals surface area contributed by atoms with E-state index in [-0.39, 0.29) is 0 Å². The lowest BCUT2D eigenvalue weighted by molar-refractivity contribution is 0.122. The van der Waals surface area contributed by atoms with Crippen LogP contribution >= 0.6 is 11.3 Å². The molecule has 3 aromatic rings. The van der Waals surface area contributed by atoms with E-state index in [9.17, 15) is 0 Å². The molecule has 4 rings (SSSR count). The number of morpholine rings is 1. The summed E-state index contributed by atoms with van der Waals surface area (Å²) in [4.78, 5) is 22.7. The van der Waals surface area contributed by atoms with Gasteiger partial charge in [0.15, 0.2) is 5.82 Å². The molecule has 9 heteroatoms. The van der Waals surface area contributed by atoms with Gasteiger partial charge in [0.1, 0.15) is 10.6 Å². The molecule has 0 unspecified atom stereocenters. The molecule has 1 aliphatic rings. The average Bonchev–Trinajstić information content (AvgIpc) is 3.11.